The molecule has 0 unspecified atom stereocenters. The molecule has 0 aliphatic carbocycles. The number of amides is 1. The number of anilines is 1. The number of halogens is 1. The molecule has 1 aromatic heterocycles. The zero-order valence-corrected chi connectivity index (χ0v) is 17.1. The van der Waals surface area contributed by atoms with Gasteiger partial charge in [-0.1, -0.05) is 17.7 Å². The molecule has 0 saturated heterocycles. The highest BCUT2D eigenvalue weighted by atomic mass is 35.5. The molecule has 0 aliphatic rings. The van der Waals surface area contributed by atoms with E-state index in [-0.39, 0.29) is 39.2 Å². The van der Waals surface area contributed by atoms with Crippen molar-refractivity contribution in [3.63, 3.8) is 0 Å². The molecule has 10 nitrogen and oxygen atoms in total. The highest BCUT2D eigenvalue weighted by Crippen LogP contribution is 2.31. The smallest absolute Gasteiger partial charge is 0.288 e. The fourth-order valence-corrected chi connectivity index (χ4v) is 2.92. The molecule has 160 valence electrons. The van der Waals surface area contributed by atoms with E-state index in [1.807, 2.05) is 0 Å². The Labute approximate surface area is 185 Å². The lowest BCUT2D eigenvalue weighted by Gasteiger charge is -2.07. The van der Waals surface area contributed by atoms with Gasteiger partial charge in [-0.05, 0) is 36.8 Å². The molecule has 1 amide bonds. The van der Waals surface area contributed by atoms with E-state index < -0.39 is 15.8 Å². The van der Waals surface area contributed by atoms with Gasteiger partial charge in [0, 0.05) is 29.8 Å². The summed E-state index contributed by atoms with van der Waals surface area (Å²) >= 11 is 5.81. The monoisotopic (exact) mass is 452 g/mol. The SMILES string of the molecule is Cc1ccc([N+](=O)[O-])cc1NC(=O)/C(C#N)=C/c1ccc(-c2ccc(Cl)c([N+](=O)[O-])c2)o1. The van der Waals surface area contributed by atoms with Crippen LogP contribution in [0.25, 0.3) is 17.4 Å². The number of hydrogen-bond acceptors (Lipinski definition) is 7. The number of nitro benzene ring substituents is 2. The van der Waals surface area contributed by atoms with Crippen molar-refractivity contribution in [1.29, 1.82) is 5.26 Å². The van der Waals surface area contributed by atoms with Gasteiger partial charge in [0.05, 0.1) is 15.5 Å². The zero-order valence-electron chi connectivity index (χ0n) is 16.4. The van der Waals surface area contributed by atoms with E-state index in [0.717, 1.165) is 0 Å². The van der Waals surface area contributed by atoms with Crippen LogP contribution in [0.3, 0.4) is 0 Å². The molecule has 0 radical (unpaired) electrons. The quantitative estimate of drug-likeness (QED) is 0.231. The third kappa shape index (κ3) is 4.80. The van der Waals surface area contributed by atoms with Crippen LogP contribution in [0, 0.1) is 38.5 Å². The van der Waals surface area contributed by atoms with Crippen LogP contribution in [-0.4, -0.2) is 15.8 Å². The molecule has 3 rings (SSSR count). The van der Waals surface area contributed by atoms with Crippen molar-refractivity contribution in [2.75, 3.05) is 5.32 Å². The zero-order chi connectivity index (χ0) is 23.4. The Hall–Kier alpha value is -4.49. The summed E-state index contributed by atoms with van der Waals surface area (Å²) in [4.78, 5) is 33.3. The molecule has 0 saturated carbocycles. The largest absolute Gasteiger partial charge is 0.457 e. The second kappa shape index (κ2) is 9.11. The second-order valence-corrected chi connectivity index (χ2v) is 6.91. The maximum Gasteiger partial charge on any atom is 0.288 e. The summed E-state index contributed by atoms with van der Waals surface area (Å²) in [7, 11) is 0. The van der Waals surface area contributed by atoms with Crippen LogP contribution < -0.4 is 5.32 Å². The topological polar surface area (TPSA) is 152 Å². The van der Waals surface area contributed by atoms with Crippen LogP contribution in [0.1, 0.15) is 11.3 Å². The minimum atomic E-state index is -0.781. The van der Waals surface area contributed by atoms with E-state index in [1.54, 1.807) is 13.0 Å². The molecular formula is C21H13ClN4O6. The lowest BCUT2D eigenvalue weighted by Crippen LogP contribution is -2.14. The minimum Gasteiger partial charge on any atom is -0.457 e. The van der Waals surface area contributed by atoms with Gasteiger partial charge in [0.2, 0.25) is 0 Å². The van der Waals surface area contributed by atoms with Crippen LogP contribution in [0.2, 0.25) is 5.02 Å². The van der Waals surface area contributed by atoms with E-state index in [2.05, 4.69) is 5.32 Å². The molecule has 3 aromatic rings. The predicted molar refractivity (Wildman–Crippen MR) is 116 cm³/mol. The van der Waals surface area contributed by atoms with Crippen molar-refractivity contribution in [1.82, 2.24) is 0 Å². The maximum absolute atomic E-state index is 12.5. The number of nitrogens with zero attached hydrogens (tertiary/aromatic N) is 3. The normalized spacial score (nSPS) is 11.0. The lowest BCUT2D eigenvalue weighted by molar-refractivity contribution is -0.384. The van der Waals surface area contributed by atoms with Gasteiger partial charge in [-0.15, -0.1) is 0 Å². The number of carbonyl (C=O) groups excluding carboxylic acids is 1. The number of nitro groups is 2. The highest BCUT2D eigenvalue weighted by molar-refractivity contribution is 6.32. The van der Waals surface area contributed by atoms with Crippen molar-refractivity contribution in [2.24, 2.45) is 0 Å². The molecule has 1 N–H and O–H groups in total. The third-order valence-corrected chi connectivity index (χ3v) is 4.71. The number of carbonyl (C=O) groups is 1. The van der Waals surface area contributed by atoms with Gasteiger partial charge in [-0.2, -0.15) is 5.26 Å². The molecule has 0 fully saturated rings. The van der Waals surface area contributed by atoms with Gasteiger partial charge in [-0.25, -0.2) is 0 Å². The highest BCUT2D eigenvalue weighted by Gasteiger charge is 2.17. The lowest BCUT2D eigenvalue weighted by atomic mass is 10.1. The van der Waals surface area contributed by atoms with E-state index in [9.17, 15) is 30.3 Å². The van der Waals surface area contributed by atoms with Gasteiger partial charge in [0.15, 0.2) is 0 Å². The summed E-state index contributed by atoms with van der Waals surface area (Å²) in [5, 5.41) is 33.8. The Morgan fingerprint density at radius 3 is 2.53 bits per heavy atom. The maximum atomic E-state index is 12.5. The summed E-state index contributed by atoms with van der Waals surface area (Å²) in [5.41, 5.74) is 0.350. The molecule has 0 atom stereocenters. The van der Waals surface area contributed by atoms with Crippen molar-refractivity contribution in [3.05, 3.63) is 90.7 Å². The first-order chi connectivity index (χ1) is 15.2. The Kier molecular flexibility index (Phi) is 6.32. The van der Waals surface area contributed by atoms with E-state index in [1.165, 1.54) is 54.6 Å². The Bertz CT molecular complexity index is 1320. The summed E-state index contributed by atoms with van der Waals surface area (Å²) < 4.78 is 5.59. The summed E-state index contributed by atoms with van der Waals surface area (Å²) in [6.07, 6.45) is 1.19. The predicted octanol–water partition coefficient (Wildman–Crippen LogP) is 5.27. The van der Waals surface area contributed by atoms with Crippen molar-refractivity contribution >= 4 is 40.6 Å². The Balaban J connectivity index is 1.86. The van der Waals surface area contributed by atoms with E-state index in [4.69, 9.17) is 16.0 Å². The molecule has 2 aromatic carbocycles. The summed E-state index contributed by atoms with van der Waals surface area (Å²) in [6.45, 7) is 1.65. The first kappa shape index (κ1) is 22.2. The van der Waals surface area contributed by atoms with Crippen molar-refractivity contribution in [2.45, 2.75) is 6.92 Å². The minimum absolute atomic E-state index is 0.0229. The number of hydrogen-bond donors (Lipinski definition) is 1. The molecule has 0 aliphatic heterocycles. The Morgan fingerprint density at radius 2 is 1.88 bits per heavy atom. The number of non-ortho nitro benzene ring substituents is 1. The molecular weight excluding hydrogens is 440 g/mol. The molecule has 0 bridgehead atoms. The van der Waals surface area contributed by atoms with Crippen LogP contribution >= 0.6 is 11.6 Å². The molecule has 1 heterocycles. The number of nitrogens with one attached hydrogen (secondary N) is 1. The molecule has 0 spiro atoms. The van der Waals surface area contributed by atoms with Gasteiger partial charge >= 0.3 is 0 Å². The van der Waals surface area contributed by atoms with Crippen LogP contribution in [-0.2, 0) is 4.79 Å². The first-order valence-corrected chi connectivity index (χ1v) is 9.29. The number of nitriles is 1. The number of rotatable bonds is 6. The first-order valence-electron chi connectivity index (χ1n) is 8.92. The fourth-order valence-electron chi connectivity index (χ4n) is 2.73. The van der Waals surface area contributed by atoms with Crippen molar-refractivity contribution < 1.29 is 19.1 Å². The van der Waals surface area contributed by atoms with E-state index in [0.29, 0.717) is 11.1 Å². The van der Waals surface area contributed by atoms with Crippen LogP contribution in [0.15, 0.2) is 58.5 Å². The van der Waals surface area contributed by atoms with Gasteiger partial charge < -0.3 is 9.73 Å². The fraction of sp³-hybridized carbons (Fsp3) is 0.0476. The summed E-state index contributed by atoms with van der Waals surface area (Å²) in [6, 6.07) is 12.9. The average Bonchev–Trinajstić information content (AvgIpc) is 3.22. The Morgan fingerprint density at radius 1 is 1.12 bits per heavy atom. The third-order valence-electron chi connectivity index (χ3n) is 4.39. The number of aryl methyl sites for hydroxylation is 1. The van der Waals surface area contributed by atoms with Crippen molar-refractivity contribution in [3.8, 4) is 17.4 Å². The second-order valence-electron chi connectivity index (χ2n) is 6.51. The van der Waals surface area contributed by atoms with Crippen LogP contribution in [0.4, 0.5) is 17.1 Å². The molecule has 11 heteroatoms. The van der Waals surface area contributed by atoms with E-state index >= 15 is 0 Å². The van der Waals surface area contributed by atoms with Gasteiger partial charge in [0.1, 0.15) is 28.2 Å². The van der Waals surface area contributed by atoms with Gasteiger partial charge in [0.25, 0.3) is 17.3 Å². The molecule has 32 heavy (non-hydrogen) atoms. The summed E-state index contributed by atoms with van der Waals surface area (Å²) in [5.74, 6) is -0.362. The van der Waals surface area contributed by atoms with Gasteiger partial charge in [-0.3, -0.25) is 25.0 Å². The number of benzene rings is 2. The van der Waals surface area contributed by atoms with Crippen LogP contribution in [0.5, 0.6) is 0 Å². The standard InChI is InChI=1S/C21H13ClN4O6/c1-12-2-4-15(25(28)29)10-18(12)24-21(27)14(11-23)8-16-5-7-20(32-16)13-3-6-17(22)19(9-13)26(30)31/h2-10H,1H3,(H,24,27)/b14-8+. The average molecular weight is 453 g/mol. The number of furan rings is 1.